The first-order chi connectivity index (χ1) is 15.8. The molecule has 0 bridgehead atoms. The predicted octanol–water partition coefficient (Wildman–Crippen LogP) is 7.26. The van der Waals surface area contributed by atoms with E-state index in [2.05, 4.69) is 84.9 Å². The molecule has 1 heterocycles. The summed E-state index contributed by atoms with van der Waals surface area (Å²) in [6.45, 7) is 0. The highest BCUT2D eigenvalue weighted by Crippen LogP contribution is 2.66. The number of rotatable bonds is 2. The Labute approximate surface area is 190 Å². The monoisotopic (exact) mass is 432 g/mol. The van der Waals surface area contributed by atoms with Gasteiger partial charge in [-0.2, -0.15) is 0 Å². The van der Waals surface area contributed by atoms with Crippen molar-refractivity contribution in [3.8, 4) is 33.1 Å². The quantitative estimate of drug-likeness (QED) is 0.286. The Morgan fingerprint density at radius 3 is 1.91 bits per heavy atom. The number of hydrogen-bond acceptors (Lipinski definition) is 3. The molecule has 2 nitrogen and oxygen atoms in total. The average Bonchev–Trinajstić information content (AvgIpc) is 3.46. The lowest BCUT2D eigenvalue weighted by atomic mass is 9.70. The summed E-state index contributed by atoms with van der Waals surface area (Å²) in [4.78, 5) is 1.33. The molecule has 0 fully saturated rings. The Kier molecular flexibility index (Phi) is 3.52. The molecule has 0 amide bonds. The van der Waals surface area contributed by atoms with E-state index < -0.39 is 0 Å². The van der Waals surface area contributed by atoms with Gasteiger partial charge in [0, 0.05) is 15.1 Å². The van der Waals surface area contributed by atoms with Gasteiger partial charge >= 0.3 is 0 Å². The maximum absolute atomic E-state index is 5.78. The normalized spacial score (nSPS) is 14.2. The summed E-state index contributed by atoms with van der Waals surface area (Å²) < 4.78 is 12.8. The van der Waals surface area contributed by atoms with E-state index in [0.29, 0.717) is 0 Å². The molecule has 0 aliphatic heterocycles. The molecule has 32 heavy (non-hydrogen) atoms. The van der Waals surface area contributed by atoms with E-state index in [0.717, 1.165) is 11.5 Å². The summed E-state index contributed by atoms with van der Waals surface area (Å²) in [7, 11) is 3.43. The molecular formula is C29H20O2S. The fraction of sp³-hybridized carbons (Fsp3) is 0.103. The van der Waals surface area contributed by atoms with E-state index in [-0.39, 0.29) is 5.41 Å². The van der Waals surface area contributed by atoms with Crippen LogP contribution in [0.1, 0.15) is 22.3 Å². The fourth-order valence-corrected chi connectivity index (χ4v) is 7.20. The Morgan fingerprint density at radius 1 is 0.625 bits per heavy atom. The van der Waals surface area contributed by atoms with Crippen LogP contribution in [0.5, 0.6) is 11.5 Å². The van der Waals surface area contributed by atoms with Gasteiger partial charge in [0.1, 0.15) is 0 Å². The highest BCUT2D eigenvalue weighted by molar-refractivity contribution is 7.22. The van der Waals surface area contributed by atoms with Gasteiger partial charge in [0.05, 0.1) is 19.6 Å². The van der Waals surface area contributed by atoms with E-state index in [1.165, 1.54) is 53.9 Å². The van der Waals surface area contributed by atoms with E-state index in [9.17, 15) is 0 Å². The predicted molar refractivity (Wildman–Crippen MR) is 131 cm³/mol. The minimum atomic E-state index is -0.364. The van der Waals surface area contributed by atoms with Gasteiger partial charge in [-0.25, -0.2) is 0 Å². The maximum atomic E-state index is 5.78. The van der Waals surface area contributed by atoms with Gasteiger partial charge in [0.25, 0.3) is 0 Å². The topological polar surface area (TPSA) is 18.5 Å². The fourth-order valence-electron chi connectivity index (χ4n) is 5.91. The third kappa shape index (κ3) is 1.96. The summed E-state index contributed by atoms with van der Waals surface area (Å²) in [5.41, 5.74) is 8.86. The molecule has 0 unspecified atom stereocenters. The number of benzene rings is 4. The molecule has 1 spiro atoms. The van der Waals surface area contributed by atoms with Crippen molar-refractivity contribution in [3.63, 3.8) is 0 Å². The number of hydrogen-bond donors (Lipinski definition) is 0. The first-order valence-corrected chi connectivity index (χ1v) is 11.6. The van der Waals surface area contributed by atoms with Crippen LogP contribution in [0, 0.1) is 0 Å². The summed E-state index contributed by atoms with van der Waals surface area (Å²) in [6.07, 6.45) is 0. The van der Waals surface area contributed by atoms with Gasteiger partial charge < -0.3 is 9.47 Å². The second kappa shape index (κ2) is 6.24. The smallest absolute Gasteiger partial charge is 0.161 e. The largest absolute Gasteiger partial charge is 0.493 e. The minimum Gasteiger partial charge on any atom is -0.493 e. The molecule has 0 atom stereocenters. The Bertz CT molecular complexity index is 1510. The van der Waals surface area contributed by atoms with Crippen molar-refractivity contribution < 1.29 is 9.47 Å². The third-order valence-electron chi connectivity index (χ3n) is 7.10. The molecule has 0 saturated heterocycles. The molecule has 0 radical (unpaired) electrons. The second-order valence-corrected chi connectivity index (χ2v) is 9.45. The van der Waals surface area contributed by atoms with Crippen molar-refractivity contribution in [3.05, 3.63) is 107 Å². The lowest BCUT2D eigenvalue weighted by Crippen LogP contribution is -2.25. The van der Waals surface area contributed by atoms with Crippen LogP contribution in [-0.4, -0.2) is 14.2 Å². The molecule has 7 rings (SSSR count). The average molecular weight is 433 g/mol. The van der Waals surface area contributed by atoms with Crippen molar-refractivity contribution >= 4 is 21.4 Å². The maximum Gasteiger partial charge on any atom is 0.161 e. The van der Waals surface area contributed by atoms with Crippen molar-refractivity contribution in [2.45, 2.75) is 5.41 Å². The van der Waals surface area contributed by atoms with Gasteiger partial charge in [0.15, 0.2) is 11.5 Å². The molecule has 0 N–H and O–H groups in total. The van der Waals surface area contributed by atoms with E-state index >= 15 is 0 Å². The van der Waals surface area contributed by atoms with E-state index in [4.69, 9.17) is 9.47 Å². The number of ether oxygens (including phenoxy) is 2. The van der Waals surface area contributed by atoms with Crippen molar-refractivity contribution in [1.82, 2.24) is 0 Å². The van der Waals surface area contributed by atoms with Gasteiger partial charge in [0.2, 0.25) is 0 Å². The third-order valence-corrected chi connectivity index (χ3v) is 8.30. The molecule has 2 aliphatic rings. The van der Waals surface area contributed by atoms with Crippen LogP contribution in [0.25, 0.3) is 31.7 Å². The van der Waals surface area contributed by atoms with Crippen molar-refractivity contribution in [2.75, 3.05) is 14.2 Å². The minimum absolute atomic E-state index is 0.364. The Morgan fingerprint density at radius 2 is 1.22 bits per heavy atom. The van der Waals surface area contributed by atoms with Gasteiger partial charge in [-0.3, -0.25) is 0 Å². The number of methoxy groups -OCH3 is 2. The van der Waals surface area contributed by atoms with Crippen LogP contribution >= 0.6 is 11.3 Å². The summed E-state index contributed by atoms with van der Waals surface area (Å²) >= 11 is 1.88. The highest BCUT2D eigenvalue weighted by atomic mass is 32.1. The van der Waals surface area contributed by atoms with E-state index in [1.54, 1.807) is 14.2 Å². The number of fused-ring (bicyclic) bond motifs is 12. The standard InChI is InChI=1S/C29H20O2S/c1-30-24-15-20-23(16-25(24)31-2)29(27-19-11-5-8-14-26(19)32-28(20)27)21-12-6-3-9-17(21)18-10-4-7-13-22(18)29/h3-16H,1-2H3. The lowest BCUT2D eigenvalue weighted by molar-refractivity contribution is 0.354. The zero-order valence-corrected chi connectivity index (χ0v) is 18.6. The molecule has 2 aliphatic carbocycles. The van der Waals surface area contributed by atoms with Gasteiger partial charge in [-0.15, -0.1) is 11.3 Å². The van der Waals surface area contributed by atoms with Crippen LogP contribution in [-0.2, 0) is 5.41 Å². The first kappa shape index (κ1) is 18.1. The summed E-state index contributed by atoms with van der Waals surface area (Å²) in [6, 6.07) is 30.9. The van der Waals surface area contributed by atoms with Gasteiger partial charge in [-0.1, -0.05) is 66.7 Å². The van der Waals surface area contributed by atoms with Crippen LogP contribution in [0.3, 0.4) is 0 Å². The van der Waals surface area contributed by atoms with Crippen LogP contribution in [0.4, 0.5) is 0 Å². The second-order valence-electron chi connectivity index (χ2n) is 8.40. The van der Waals surface area contributed by atoms with Crippen molar-refractivity contribution in [2.24, 2.45) is 0 Å². The van der Waals surface area contributed by atoms with Crippen LogP contribution in [0.2, 0.25) is 0 Å². The van der Waals surface area contributed by atoms with Crippen LogP contribution in [0.15, 0.2) is 84.9 Å². The first-order valence-electron chi connectivity index (χ1n) is 10.8. The summed E-state index contributed by atoms with van der Waals surface area (Å²) in [5, 5.41) is 1.33. The molecule has 4 aromatic carbocycles. The number of thiophene rings is 1. The molecule has 3 heteroatoms. The van der Waals surface area contributed by atoms with Crippen LogP contribution < -0.4 is 9.47 Å². The molecular weight excluding hydrogens is 412 g/mol. The van der Waals surface area contributed by atoms with E-state index in [1.807, 2.05) is 11.3 Å². The lowest BCUT2D eigenvalue weighted by Gasteiger charge is -2.30. The zero-order valence-electron chi connectivity index (χ0n) is 17.8. The molecule has 5 aromatic rings. The molecule has 0 saturated carbocycles. The zero-order chi connectivity index (χ0) is 21.4. The highest BCUT2D eigenvalue weighted by Gasteiger charge is 2.53. The molecule has 1 aromatic heterocycles. The summed E-state index contributed by atoms with van der Waals surface area (Å²) in [5.74, 6) is 1.54. The van der Waals surface area contributed by atoms with Crippen molar-refractivity contribution in [1.29, 1.82) is 0 Å². The molecule has 154 valence electrons. The Balaban J connectivity index is 1.74. The Hall–Kier alpha value is -3.56. The SMILES string of the molecule is COc1cc2c(cc1OC)C1(c3ccccc3-c3ccccc31)c1c-2sc2ccccc12. The van der Waals surface area contributed by atoms with Gasteiger partial charge in [-0.05, 0) is 57.0 Å².